The van der Waals surface area contributed by atoms with Crippen molar-refractivity contribution in [2.45, 2.75) is 31.8 Å². The molecule has 1 unspecified atom stereocenters. The van der Waals surface area contributed by atoms with E-state index >= 15 is 0 Å². The zero-order chi connectivity index (χ0) is 16.1. The van der Waals surface area contributed by atoms with Gasteiger partial charge in [0.25, 0.3) is 0 Å². The molecule has 116 valence electrons. The van der Waals surface area contributed by atoms with E-state index in [1.807, 2.05) is 39.0 Å². The van der Waals surface area contributed by atoms with Crippen LogP contribution in [0.3, 0.4) is 0 Å². The third kappa shape index (κ3) is 4.60. The van der Waals surface area contributed by atoms with Crippen LogP contribution in [0, 0.1) is 19.7 Å². The van der Waals surface area contributed by atoms with E-state index < -0.39 is 0 Å². The third-order valence-corrected chi connectivity index (χ3v) is 4.64. The molecule has 0 aliphatic carbocycles. The number of thioether (sulfide) groups is 1. The monoisotopic (exact) mass is 317 g/mol. The van der Waals surface area contributed by atoms with Gasteiger partial charge in [-0.05, 0) is 50.1 Å². The van der Waals surface area contributed by atoms with Gasteiger partial charge in [-0.3, -0.25) is 4.79 Å². The molecule has 0 bridgehead atoms. The van der Waals surface area contributed by atoms with Gasteiger partial charge in [0.15, 0.2) is 0 Å². The van der Waals surface area contributed by atoms with Crippen LogP contribution in [-0.4, -0.2) is 11.2 Å². The first kappa shape index (κ1) is 16.6. The molecule has 0 aromatic heterocycles. The smallest absolute Gasteiger partial charge is 0.237 e. The first-order chi connectivity index (χ1) is 10.5. The van der Waals surface area contributed by atoms with Crippen LogP contribution in [0.25, 0.3) is 0 Å². The highest BCUT2D eigenvalue weighted by Crippen LogP contribution is 2.21. The van der Waals surface area contributed by atoms with Crippen LogP contribution in [0.1, 0.15) is 23.6 Å². The summed E-state index contributed by atoms with van der Waals surface area (Å²) in [4.78, 5) is 12.2. The van der Waals surface area contributed by atoms with Crippen LogP contribution in [0.2, 0.25) is 0 Å². The van der Waals surface area contributed by atoms with Crippen LogP contribution in [0.15, 0.2) is 42.5 Å². The Labute approximate surface area is 135 Å². The van der Waals surface area contributed by atoms with Crippen LogP contribution in [0.4, 0.5) is 10.1 Å². The van der Waals surface area contributed by atoms with Gasteiger partial charge in [0.05, 0.1) is 5.25 Å². The summed E-state index contributed by atoms with van der Waals surface area (Å²) in [5.74, 6) is 0.426. The van der Waals surface area contributed by atoms with Gasteiger partial charge < -0.3 is 5.32 Å². The fourth-order valence-electron chi connectivity index (χ4n) is 2.07. The molecule has 0 saturated carbocycles. The van der Waals surface area contributed by atoms with Crippen LogP contribution < -0.4 is 5.32 Å². The van der Waals surface area contributed by atoms with Gasteiger partial charge in [-0.2, -0.15) is 0 Å². The van der Waals surface area contributed by atoms with Crippen molar-refractivity contribution in [3.63, 3.8) is 0 Å². The lowest BCUT2D eigenvalue weighted by molar-refractivity contribution is -0.115. The average molecular weight is 317 g/mol. The van der Waals surface area contributed by atoms with Gasteiger partial charge in [0.2, 0.25) is 5.91 Å². The van der Waals surface area contributed by atoms with Crippen molar-refractivity contribution < 1.29 is 9.18 Å². The molecule has 2 rings (SSSR count). The molecule has 0 saturated heterocycles. The Kier molecular flexibility index (Phi) is 5.61. The molecule has 22 heavy (non-hydrogen) atoms. The number of halogens is 1. The number of benzene rings is 2. The summed E-state index contributed by atoms with van der Waals surface area (Å²) in [6.45, 7) is 5.89. The van der Waals surface area contributed by atoms with Crippen molar-refractivity contribution in [3.05, 3.63) is 65.0 Å². The predicted molar refractivity (Wildman–Crippen MR) is 91.7 cm³/mol. The lowest BCUT2D eigenvalue weighted by atomic mass is 10.1. The number of rotatable bonds is 5. The standard InChI is InChI=1S/C18H20FNOS/c1-12-4-9-17(13(2)10-12)20-18(21)14(3)22-11-15-5-7-16(19)8-6-15/h4-10,14H,11H2,1-3H3,(H,20,21). The molecule has 0 aliphatic rings. The van der Waals surface area contributed by atoms with Gasteiger partial charge in [-0.25, -0.2) is 4.39 Å². The highest BCUT2D eigenvalue weighted by molar-refractivity contribution is 7.99. The molecule has 1 N–H and O–H groups in total. The van der Waals surface area contributed by atoms with E-state index in [2.05, 4.69) is 5.32 Å². The SMILES string of the molecule is Cc1ccc(NC(=O)C(C)SCc2ccc(F)cc2)c(C)c1. The zero-order valence-corrected chi connectivity index (χ0v) is 13.8. The second-order valence-corrected chi connectivity index (χ2v) is 6.72. The van der Waals surface area contributed by atoms with Crippen molar-refractivity contribution in [3.8, 4) is 0 Å². The molecule has 4 heteroatoms. The minimum Gasteiger partial charge on any atom is -0.325 e. The Morgan fingerprint density at radius 3 is 2.50 bits per heavy atom. The Morgan fingerprint density at radius 1 is 1.18 bits per heavy atom. The summed E-state index contributed by atoms with van der Waals surface area (Å²) in [7, 11) is 0. The fraction of sp³-hybridized carbons (Fsp3) is 0.278. The van der Waals surface area contributed by atoms with E-state index in [9.17, 15) is 9.18 Å². The topological polar surface area (TPSA) is 29.1 Å². The highest BCUT2D eigenvalue weighted by Gasteiger charge is 2.14. The van der Waals surface area contributed by atoms with Crippen LogP contribution in [-0.2, 0) is 10.5 Å². The van der Waals surface area contributed by atoms with Crippen molar-refractivity contribution >= 4 is 23.4 Å². The number of amides is 1. The number of anilines is 1. The minimum atomic E-state index is -0.241. The second-order valence-electron chi connectivity index (χ2n) is 5.39. The normalized spacial score (nSPS) is 12.0. The molecule has 0 fully saturated rings. The predicted octanol–water partition coefficient (Wildman–Crippen LogP) is 4.70. The number of aryl methyl sites for hydroxylation is 2. The van der Waals surface area contributed by atoms with E-state index in [-0.39, 0.29) is 17.0 Å². The summed E-state index contributed by atoms with van der Waals surface area (Å²) in [6, 6.07) is 12.3. The number of carbonyl (C=O) groups is 1. The van der Waals surface area contributed by atoms with Crippen molar-refractivity contribution in [2.24, 2.45) is 0 Å². The fourth-order valence-corrected chi connectivity index (χ4v) is 2.91. The Bertz CT molecular complexity index is 655. The third-order valence-electron chi connectivity index (χ3n) is 3.42. The quantitative estimate of drug-likeness (QED) is 0.866. The van der Waals surface area contributed by atoms with Crippen molar-refractivity contribution in [2.75, 3.05) is 5.32 Å². The minimum absolute atomic E-state index is 0.0148. The van der Waals surface area contributed by atoms with Crippen LogP contribution >= 0.6 is 11.8 Å². The largest absolute Gasteiger partial charge is 0.325 e. The summed E-state index contributed by atoms with van der Waals surface area (Å²) >= 11 is 1.54. The summed E-state index contributed by atoms with van der Waals surface area (Å²) in [5.41, 5.74) is 4.10. The molecular formula is C18H20FNOS. The summed E-state index contributed by atoms with van der Waals surface area (Å²) < 4.78 is 12.9. The maximum Gasteiger partial charge on any atom is 0.237 e. The summed E-state index contributed by atoms with van der Waals surface area (Å²) in [6.07, 6.45) is 0. The molecule has 0 radical (unpaired) electrons. The molecule has 2 aromatic rings. The first-order valence-corrected chi connectivity index (χ1v) is 8.25. The second kappa shape index (κ2) is 7.45. The van der Waals surface area contributed by atoms with Crippen LogP contribution in [0.5, 0.6) is 0 Å². The van der Waals surface area contributed by atoms with E-state index in [1.54, 1.807) is 12.1 Å². The molecule has 0 heterocycles. The van der Waals surface area contributed by atoms with Gasteiger partial charge in [-0.15, -0.1) is 11.8 Å². The Balaban J connectivity index is 1.90. The van der Waals surface area contributed by atoms with Crippen molar-refractivity contribution in [1.29, 1.82) is 0 Å². The highest BCUT2D eigenvalue weighted by atomic mass is 32.2. The molecule has 0 spiro atoms. The maximum absolute atomic E-state index is 12.9. The maximum atomic E-state index is 12.9. The molecular weight excluding hydrogens is 297 g/mol. The lowest BCUT2D eigenvalue weighted by Crippen LogP contribution is -2.23. The molecule has 2 aromatic carbocycles. The average Bonchev–Trinajstić information content (AvgIpc) is 2.49. The lowest BCUT2D eigenvalue weighted by Gasteiger charge is -2.14. The number of hydrogen-bond donors (Lipinski definition) is 1. The Morgan fingerprint density at radius 2 is 1.86 bits per heavy atom. The molecule has 1 amide bonds. The number of carbonyl (C=O) groups excluding carboxylic acids is 1. The number of nitrogens with one attached hydrogen (secondary N) is 1. The Hall–Kier alpha value is -1.81. The molecule has 2 nitrogen and oxygen atoms in total. The number of hydrogen-bond acceptors (Lipinski definition) is 2. The van der Waals surface area contributed by atoms with E-state index in [1.165, 1.54) is 29.5 Å². The first-order valence-electron chi connectivity index (χ1n) is 7.20. The van der Waals surface area contributed by atoms with Gasteiger partial charge in [0, 0.05) is 11.4 Å². The van der Waals surface area contributed by atoms with Gasteiger partial charge in [-0.1, -0.05) is 29.8 Å². The summed E-state index contributed by atoms with van der Waals surface area (Å²) in [5, 5.41) is 2.79. The van der Waals surface area contributed by atoms with E-state index in [0.29, 0.717) is 5.75 Å². The zero-order valence-electron chi connectivity index (χ0n) is 13.0. The van der Waals surface area contributed by atoms with Crippen molar-refractivity contribution in [1.82, 2.24) is 0 Å². The molecule has 0 aliphatic heterocycles. The van der Waals surface area contributed by atoms with Gasteiger partial charge >= 0.3 is 0 Å². The van der Waals surface area contributed by atoms with E-state index in [0.717, 1.165) is 16.8 Å². The van der Waals surface area contributed by atoms with Gasteiger partial charge in [0.1, 0.15) is 5.82 Å². The molecule has 1 atom stereocenters. The van der Waals surface area contributed by atoms with E-state index in [4.69, 9.17) is 0 Å².